The molecule has 0 aromatic rings. The standard InChI is InChI=1S/C13H24N2O3/c1-3-14(4-2)12(17)6-5-7-13(18)15-9-8-11(16)10-15/h11,16H,3-10H2,1-2H3/t11-/m1/s1. The van der Waals surface area contributed by atoms with Gasteiger partial charge in [0.15, 0.2) is 0 Å². The van der Waals surface area contributed by atoms with Gasteiger partial charge < -0.3 is 14.9 Å². The quantitative estimate of drug-likeness (QED) is 0.758. The summed E-state index contributed by atoms with van der Waals surface area (Å²) in [5, 5.41) is 9.34. The molecule has 1 heterocycles. The third-order valence-electron chi connectivity index (χ3n) is 3.41. The van der Waals surface area contributed by atoms with Crippen molar-refractivity contribution in [3.05, 3.63) is 0 Å². The number of aliphatic hydroxyl groups is 1. The van der Waals surface area contributed by atoms with E-state index in [9.17, 15) is 14.7 Å². The zero-order valence-electron chi connectivity index (χ0n) is 11.4. The Bertz CT molecular complexity index is 290. The van der Waals surface area contributed by atoms with Crippen LogP contribution in [-0.2, 0) is 9.59 Å². The van der Waals surface area contributed by atoms with Crippen LogP contribution in [0.2, 0.25) is 0 Å². The Morgan fingerprint density at radius 2 is 1.94 bits per heavy atom. The van der Waals surface area contributed by atoms with E-state index in [0.29, 0.717) is 38.8 Å². The molecule has 5 heteroatoms. The molecule has 0 unspecified atom stereocenters. The number of hydrogen-bond acceptors (Lipinski definition) is 3. The van der Waals surface area contributed by atoms with E-state index in [4.69, 9.17) is 0 Å². The molecule has 0 aromatic heterocycles. The lowest BCUT2D eigenvalue weighted by molar-refractivity contribution is -0.132. The smallest absolute Gasteiger partial charge is 0.222 e. The van der Waals surface area contributed by atoms with Gasteiger partial charge in [0.25, 0.3) is 0 Å². The minimum atomic E-state index is -0.369. The molecule has 1 rings (SSSR count). The van der Waals surface area contributed by atoms with Gasteiger partial charge in [-0.2, -0.15) is 0 Å². The van der Waals surface area contributed by atoms with Crippen LogP contribution >= 0.6 is 0 Å². The van der Waals surface area contributed by atoms with Gasteiger partial charge in [-0.1, -0.05) is 0 Å². The highest BCUT2D eigenvalue weighted by molar-refractivity contribution is 5.79. The Labute approximate surface area is 109 Å². The molecule has 1 saturated heterocycles. The molecule has 0 aromatic carbocycles. The summed E-state index contributed by atoms with van der Waals surface area (Å²) in [5.41, 5.74) is 0. The first-order valence-electron chi connectivity index (χ1n) is 6.82. The Balaban J connectivity index is 2.21. The van der Waals surface area contributed by atoms with Gasteiger partial charge in [-0.25, -0.2) is 0 Å². The van der Waals surface area contributed by atoms with E-state index in [-0.39, 0.29) is 17.9 Å². The molecule has 104 valence electrons. The lowest BCUT2D eigenvalue weighted by Gasteiger charge is -2.19. The van der Waals surface area contributed by atoms with Crippen LogP contribution in [0.15, 0.2) is 0 Å². The van der Waals surface area contributed by atoms with Gasteiger partial charge in [0.1, 0.15) is 0 Å². The summed E-state index contributed by atoms with van der Waals surface area (Å²) < 4.78 is 0. The van der Waals surface area contributed by atoms with Crippen LogP contribution < -0.4 is 0 Å². The van der Waals surface area contributed by atoms with Crippen molar-refractivity contribution in [2.24, 2.45) is 0 Å². The second-order valence-corrected chi connectivity index (χ2v) is 4.70. The summed E-state index contributed by atoms with van der Waals surface area (Å²) >= 11 is 0. The van der Waals surface area contributed by atoms with E-state index < -0.39 is 0 Å². The van der Waals surface area contributed by atoms with Crippen LogP contribution in [0.1, 0.15) is 39.5 Å². The highest BCUT2D eigenvalue weighted by Crippen LogP contribution is 2.12. The van der Waals surface area contributed by atoms with Crippen LogP contribution in [0.4, 0.5) is 0 Å². The van der Waals surface area contributed by atoms with Crippen molar-refractivity contribution in [3.8, 4) is 0 Å². The number of hydrogen-bond donors (Lipinski definition) is 1. The SMILES string of the molecule is CCN(CC)C(=O)CCCC(=O)N1CC[C@@H](O)C1. The van der Waals surface area contributed by atoms with Gasteiger partial charge in [0.05, 0.1) is 6.10 Å². The summed E-state index contributed by atoms with van der Waals surface area (Å²) in [4.78, 5) is 27.0. The normalized spacial score (nSPS) is 19.1. The highest BCUT2D eigenvalue weighted by Gasteiger charge is 2.24. The van der Waals surface area contributed by atoms with E-state index in [1.54, 1.807) is 9.80 Å². The molecule has 1 aliphatic heterocycles. The number of nitrogens with zero attached hydrogens (tertiary/aromatic N) is 2. The number of aliphatic hydroxyl groups excluding tert-OH is 1. The molecule has 0 spiro atoms. The zero-order chi connectivity index (χ0) is 13.5. The molecule has 18 heavy (non-hydrogen) atoms. The van der Waals surface area contributed by atoms with Gasteiger partial charge >= 0.3 is 0 Å². The first-order chi connectivity index (χ1) is 8.58. The summed E-state index contributed by atoms with van der Waals surface area (Å²) in [6.07, 6.45) is 1.74. The number of carbonyl (C=O) groups is 2. The molecular weight excluding hydrogens is 232 g/mol. The molecule has 1 aliphatic rings. The van der Waals surface area contributed by atoms with E-state index in [1.165, 1.54) is 0 Å². The minimum absolute atomic E-state index is 0.0545. The second-order valence-electron chi connectivity index (χ2n) is 4.70. The fourth-order valence-electron chi connectivity index (χ4n) is 2.25. The molecule has 0 aliphatic carbocycles. The highest BCUT2D eigenvalue weighted by atomic mass is 16.3. The Hall–Kier alpha value is -1.10. The van der Waals surface area contributed by atoms with Crippen molar-refractivity contribution in [1.82, 2.24) is 9.80 Å². The summed E-state index contributed by atoms with van der Waals surface area (Å²) in [5.74, 6) is 0.174. The minimum Gasteiger partial charge on any atom is -0.391 e. The largest absolute Gasteiger partial charge is 0.391 e. The van der Waals surface area contributed by atoms with E-state index in [2.05, 4.69) is 0 Å². The van der Waals surface area contributed by atoms with E-state index >= 15 is 0 Å². The van der Waals surface area contributed by atoms with Gasteiger partial charge in [-0.05, 0) is 26.7 Å². The first-order valence-corrected chi connectivity index (χ1v) is 6.82. The van der Waals surface area contributed by atoms with Crippen molar-refractivity contribution >= 4 is 11.8 Å². The zero-order valence-corrected chi connectivity index (χ0v) is 11.4. The predicted octanol–water partition coefficient (Wildman–Crippen LogP) is 0.618. The molecule has 1 N–H and O–H groups in total. The van der Waals surface area contributed by atoms with Crippen LogP contribution in [0, 0.1) is 0 Å². The van der Waals surface area contributed by atoms with Crippen molar-refractivity contribution in [1.29, 1.82) is 0 Å². The van der Waals surface area contributed by atoms with Gasteiger partial charge in [-0.15, -0.1) is 0 Å². The van der Waals surface area contributed by atoms with E-state index in [1.807, 2.05) is 13.8 Å². The molecular formula is C13H24N2O3. The fraction of sp³-hybridized carbons (Fsp3) is 0.846. The second kappa shape index (κ2) is 7.36. The van der Waals surface area contributed by atoms with Crippen molar-refractivity contribution in [2.75, 3.05) is 26.2 Å². The predicted molar refractivity (Wildman–Crippen MR) is 69.0 cm³/mol. The van der Waals surface area contributed by atoms with Gasteiger partial charge in [0, 0.05) is 39.0 Å². The van der Waals surface area contributed by atoms with Crippen LogP contribution in [0.3, 0.4) is 0 Å². The number of rotatable bonds is 6. The molecule has 1 fully saturated rings. The van der Waals surface area contributed by atoms with E-state index in [0.717, 1.165) is 13.1 Å². The van der Waals surface area contributed by atoms with Crippen LogP contribution in [0.5, 0.6) is 0 Å². The molecule has 0 radical (unpaired) electrons. The number of carbonyl (C=O) groups excluding carboxylic acids is 2. The molecule has 2 amide bonds. The molecule has 0 saturated carbocycles. The summed E-state index contributed by atoms with van der Waals surface area (Å²) in [7, 11) is 0. The summed E-state index contributed by atoms with van der Waals surface area (Å²) in [6, 6.07) is 0. The van der Waals surface area contributed by atoms with Crippen molar-refractivity contribution < 1.29 is 14.7 Å². The van der Waals surface area contributed by atoms with Crippen LogP contribution in [-0.4, -0.2) is 59.0 Å². The lowest BCUT2D eigenvalue weighted by atomic mass is 10.2. The van der Waals surface area contributed by atoms with Crippen molar-refractivity contribution in [2.45, 2.75) is 45.6 Å². The topological polar surface area (TPSA) is 60.9 Å². The maximum atomic E-state index is 11.8. The number of β-amino-alcohol motifs (C(OH)–C–C–N with tert-alkyl or cyclic N) is 1. The number of amides is 2. The van der Waals surface area contributed by atoms with Gasteiger partial charge in [-0.3, -0.25) is 9.59 Å². The third kappa shape index (κ3) is 4.29. The van der Waals surface area contributed by atoms with Crippen molar-refractivity contribution in [3.63, 3.8) is 0 Å². The average Bonchev–Trinajstić information content (AvgIpc) is 2.77. The van der Waals surface area contributed by atoms with Crippen LogP contribution in [0.25, 0.3) is 0 Å². The first kappa shape index (κ1) is 15.0. The third-order valence-corrected chi connectivity index (χ3v) is 3.41. The Kier molecular flexibility index (Phi) is 6.12. The fourth-order valence-corrected chi connectivity index (χ4v) is 2.25. The molecule has 1 atom stereocenters. The monoisotopic (exact) mass is 256 g/mol. The lowest BCUT2D eigenvalue weighted by Crippen LogP contribution is -2.31. The Morgan fingerprint density at radius 3 is 2.44 bits per heavy atom. The Morgan fingerprint density at radius 1 is 1.28 bits per heavy atom. The maximum absolute atomic E-state index is 11.8. The number of likely N-dealkylation sites (tertiary alicyclic amines) is 1. The van der Waals surface area contributed by atoms with Gasteiger partial charge in [0.2, 0.25) is 11.8 Å². The molecule has 0 bridgehead atoms. The average molecular weight is 256 g/mol. The summed E-state index contributed by atoms with van der Waals surface area (Å²) in [6.45, 7) is 6.45. The maximum Gasteiger partial charge on any atom is 0.222 e. The molecule has 5 nitrogen and oxygen atoms in total.